The van der Waals surface area contributed by atoms with Crippen LogP contribution in [-0.4, -0.2) is 39.7 Å². The predicted octanol–water partition coefficient (Wildman–Crippen LogP) is 1.57. The molecule has 0 aliphatic carbocycles. The van der Waals surface area contributed by atoms with E-state index in [0.717, 1.165) is 19.4 Å². The average molecular weight is 288 g/mol. The summed E-state index contributed by atoms with van der Waals surface area (Å²) in [6.45, 7) is 1.20. The van der Waals surface area contributed by atoms with Crippen molar-refractivity contribution in [1.29, 1.82) is 0 Å². The molecule has 2 N–H and O–H groups in total. The summed E-state index contributed by atoms with van der Waals surface area (Å²) in [5.41, 5.74) is 6.80. The van der Waals surface area contributed by atoms with Gasteiger partial charge in [-0.25, -0.2) is 9.07 Å². The van der Waals surface area contributed by atoms with Gasteiger partial charge in [0.05, 0.1) is 5.69 Å². The molecule has 0 bridgehead atoms. The van der Waals surface area contributed by atoms with Gasteiger partial charge in [0.1, 0.15) is 5.82 Å². The van der Waals surface area contributed by atoms with Crippen molar-refractivity contribution in [3.05, 3.63) is 48.0 Å². The Hall–Kier alpha value is -2.21. The van der Waals surface area contributed by atoms with Crippen LogP contribution in [0.4, 0.5) is 4.39 Å². The minimum Gasteiger partial charge on any atom is -0.333 e. The van der Waals surface area contributed by atoms with E-state index in [1.54, 1.807) is 34.0 Å². The molecular weight excluding hydrogens is 271 g/mol. The van der Waals surface area contributed by atoms with Crippen molar-refractivity contribution in [3.63, 3.8) is 0 Å². The smallest absolute Gasteiger partial charge is 0.274 e. The topological polar surface area (TPSA) is 64.2 Å². The zero-order chi connectivity index (χ0) is 14.8. The van der Waals surface area contributed by atoms with Crippen molar-refractivity contribution in [1.82, 2.24) is 14.7 Å². The molecule has 1 atom stereocenters. The van der Waals surface area contributed by atoms with Crippen LogP contribution in [0.25, 0.3) is 5.69 Å². The van der Waals surface area contributed by atoms with Gasteiger partial charge in [-0.3, -0.25) is 4.79 Å². The molecule has 5 nitrogen and oxygen atoms in total. The lowest BCUT2D eigenvalue weighted by Crippen LogP contribution is -2.40. The van der Waals surface area contributed by atoms with E-state index in [4.69, 9.17) is 5.73 Å². The Bertz CT molecular complexity index is 637. The monoisotopic (exact) mass is 288 g/mol. The van der Waals surface area contributed by atoms with Gasteiger partial charge in [0, 0.05) is 25.3 Å². The third-order valence-corrected chi connectivity index (χ3v) is 3.81. The largest absolute Gasteiger partial charge is 0.333 e. The first-order chi connectivity index (χ1) is 10.2. The number of carbonyl (C=O) groups excluding carboxylic acids is 1. The maximum atomic E-state index is 12.9. The van der Waals surface area contributed by atoms with Crippen LogP contribution in [-0.2, 0) is 0 Å². The van der Waals surface area contributed by atoms with Gasteiger partial charge in [0.25, 0.3) is 5.91 Å². The first-order valence-corrected chi connectivity index (χ1v) is 7.01. The third kappa shape index (κ3) is 2.67. The second-order valence-electron chi connectivity index (χ2n) is 5.15. The molecule has 110 valence electrons. The van der Waals surface area contributed by atoms with Crippen LogP contribution < -0.4 is 5.73 Å². The molecular formula is C15H17FN4O. The number of amides is 1. The molecule has 1 aromatic carbocycles. The molecule has 0 spiro atoms. The van der Waals surface area contributed by atoms with E-state index < -0.39 is 0 Å². The summed E-state index contributed by atoms with van der Waals surface area (Å²) >= 11 is 0. The van der Waals surface area contributed by atoms with Crippen LogP contribution in [0.2, 0.25) is 0 Å². The first kappa shape index (κ1) is 13.8. The highest BCUT2D eigenvalue weighted by Crippen LogP contribution is 2.19. The SMILES string of the molecule is NCC1CCCN1C(=O)c1ccn(-c2ccc(F)cc2)n1. The molecule has 2 aromatic rings. The molecule has 6 heteroatoms. The zero-order valence-corrected chi connectivity index (χ0v) is 11.6. The van der Waals surface area contributed by atoms with Crippen LogP contribution in [0.5, 0.6) is 0 Å². The van der Waals surface area contributed by atoms with Crippen LogP contribution in [0.1, 0.15) is 23.3 Å². The van der Waals surface area contributed by atoms with Gasteiger partial charge in [-0.15, -0.1) is 0 Å². The minimum atomic E-state index is -0.301. The quantitative estimate of drug-likeness (QED) is 0.932. The van der Waals surface area contributed by atoms with E-state index in [0.29, 0.717) is 17.9 Å². The molecule has 1 amide bonds. The summed E-state index contributed by atoms with van der Waals surface area (Å²) in [6.07, 6.45) is 3.63. The molecule has 1 aromatic heterocycles. The van der Waals surface area contributed by atoms with E-state index in [9.17, 15) is 9.18 Å². The standard InChI is InChI=1S/C15H17FN4O/c16-11-3-5-12(6-4-11)20-9-7-14(18-20)15(21)19-8-1-2-13(19)10-17/h3-7,9,13H,1-2,8,10,17H2. The Morgan fingerprint density at radius 2 is 2.10 bits per heavy atom. The fraction of sp³-hybridized carbons (Fsp3) is 0.333. The lowest BCUT2D eigenvalue weighted by Gasteiger charge is -2.22. The maximum Gasteiger partial charge on any atom is 0.274 e. The van der Waals surface area contributed by atoms with E-state index >= 15 is 0 Å². The van der Waals surface area contributed by atoms with Gasteiger partial charge in [-0.1, -0.05) is 0 Å². The highest BCUT2D eigenvalue weighted by Gasteiger charge is 2.29. The first-order valence-electron chi connectivity index (χ1n) is 7.01. The highest BCUT2D eigenvalue weighted by atomic mass is 19.1. The summed E-state index contributed by atoms with van der Waals surface area (Å²) in [6, 6.07) is 7.75. The number of likely N-dealkylation sites (tertiary alicyclic amines) is 1. The summed E-state index contributed by atoms with van der Waals surface area (Å²) < 4.78 is 14.5. The summed E-state index contributed by atoms with van der Waals surface area (Å²) in [5.74, 6) is -0.395. The fourth-order valence-electron chi connectivity index (χ4n) is 2.67. The molecule has 1 unspecified atom stereocenters. The zero-order valence-electron chi connectivity index (χ0n) is 11.6. The number of hydrogen-bond acceptors (Lipinski definition) is 3. The van der Waals surface area contributed by atoms with E-state index in [1.165, 1.54) is 12.1 Å². The van der Waals surface area contributed by atoms with Gasteiger partial charge < -0.3 is 10.6 Å². The van der Waals surface area contributed by atoms with Gasteiger partial charge in [-0.05, 0) is 43.2 Å². The second-order valence-corrected chi connectivity index (χ2v) is 5.15. The van der Waals surface area contributed by atoms with Crippen molar-refractivity contribution in [3.8, 4) is 5.69 Å². The van der Waals surface area contributed by atoms with Crippen molar-refractivity contribution in [2.75, 3.05) is 13.1 Å². The summed E-state index contributed by atoms with van der Waals surface area (Å²) in [4.78, 5) is 14.2. The van der Waals surface area contributed by atoms with Crippen LogP contribution in [0.3, 0.4) is 0 Å². The number of aromatic nitrogens is 2. The molecule has 1 aliphatic heterocycles. The Balaban J connectivity index is 1.81. The molecule has 0 radical (unpaired) electrons. The highest BCUT2D eigenvalue weighted by molar-refractivity contribution is 5.92. The van der Waals surface area contributed by atoms with E-state index in [-0.39, 0.29) is 17.8 Å². The second kappa shape index (κ2) is 5.65. The van der Waals surface area contributed by atoms with Crippen molar-refractivity contribution in [2.45, 2.75) is 18.9 Å². The van der Waals surface area contributed by atoms with Gasteiger partial charge in [0.2, 0.25) is 0 Å². The Labute approximate surface area is 122 Å². The van der Waals surface area contributed by atoms with Crippen molar-refractivity contribution >= 4 is 5.91 Å². The number of nitrogens with zero attached hydrogens (tertiary/aromatic N) is 3. The molecule has 3 rings (SSSR count). The normalized spacial score (nSPS) is 18.2. The van der Waals surface area contributed by atoms with E-state index in [1.807, 2.05) is 0 Å². The number of nitrogens with two attached hydrogens (primary N) is 1. The predicted molar refractivity (Wildman–Crippen MR) is 76.6 cm³/mol. The average Bonchev–Trinajstić information content (AvgIpc) is 3.16. The summed E-state index contributed by atoms with van der Waals surface area (Å²) in [7, 11) is 0. The Kier molecular flexibility index (Phi) is 3.70. The third-order valence-electron chi connectivity index (χ3n) is 3.81. The van der Waals surface area contributed by atoms with Crippen LogP contribution in [0, 0.1) is 5.82 Å². The fourth-order valence-corrected chi connectivity index (χ4v) is 2.67. The number of hydrogen-bond donors (Lipinski definition) is 1. The molecule has 21 heavy (non-hydrogen) atoms. The summed E-state index contributed by atoms with van der Waals surface area (Å²) in [5, 5.41) is 4.29. The molecule has 0 saturated carbocycles. The van der Waals surface area contributed by atoms with Gasteiger partial charge >= 0.3 is 0 Å². The van der Waals surface area contributed by atoms with Gasteiger partial charge in [-0.2, -0.15) is 5.10 Å². The van der Waals surface area contributed by atoms with Crippen molar-refractivity contribution in [2.24, 2.45) is 5.73 Å². The molecule has 1 fully saturated rings. The maximum absolute atomic E-state index is 12.9. The van der Waals surface area contributed by atoms with Crippen LogP contribution in [0.15, 0.2) is 36.5 Å². The van der Waals surface area contributed by atoms with Gasteiger partial charge in [0.15, 0.2) is 5.69 Å². The Morgan fingerprint density at radius 3 is 2.81 bits per heavy atom. The number of rotatable bonds is 3. The molecule has 1 aliphatic rings. The minimum absolute atomic E-state index is 0.0937. The number of carbonyl (C=O) groups is 1. The van der Waals surface area contributed by atoms with Crippen LogP contribution >= 0.6 is 0 Å². The number of benzene rings is 1. The molecule has 1 saturated heterocycles. The lowest BCUT2D eigenvalue weighted by molar-refractivity contribution is 0.0734. The van der Waals surface area contributed by atoms with E-state index in [2.05, 4.69) is 5.10 Å². The number of halogens is 1. The lowest BCUT2D eigenvalue weighted by atomic mass is 10.2. The van der Waals surface area contributed by atoms with Crippen molar-refractivity contribution < 1.29 is 9.18 Å². The molecule has 2 heterocycles. The Morgan fingerprint density at radius 1 is 1.33 bits per heavy atom.